The van der Waals surface area contributed by atoms with E-state index in [-0.39, 0.29) is 23.1 Å². The van der Waals surface area contributed by atoms with Gasteiger partial charge in [-0.05, 0) is 12.1 Å². The number of benzene rings is 2. The number of nitrogens with zero attached hydrogens (tertiary/aromatic N) is 3. The first-order valence-electron chi connectivity index (χ1n) is 8.81. The summed E-state index contributed by atoms with van der Waals surface area (Å²) in [6.45, 7) is 0. The number of hydrogen-bond donors (Lipinski definition) is 3. The van der Waals surface area contributed by atoms with Crippen molar-refractivity contribution in [2.24, 2.45) is 0 Å². The molecule has 0 bridgehead atoms. The molecule has 2 aromatic carbocycles. The summed E-state index contributed by atoms with van der Waals surface area (Å²) in [7, 11) is 0. The van der Waals surface area contributed by atoms with E-state index in [9.17, 15) is 34.9 Å². The number of nitro groups is 2. The second kappa shape index (κ2) is 8.82. The Bertz CT molecular complexity index is 1160. The van der Waals surface area contributed by atoms with Crippen LogP contribution >= 0.6 is 0 Å². The van der Waals surface area contributed by atoms with E-state index in [2.05, 4.69) is 15.3 Å². The fourth-order valence-electron chi connectivity index (χ4n) is 2.98. The van der Waals surface area contributed by atoms with E-state index in [1.54, 1.807) is 0 Å². The Hall–Kier alpha value is -4.61. The summed E-state index contributed by atoms with van der Waals surface area (Å²) in [6, 6.07) is 7.67. The highest BCUT2D eigenvalue weighted by atomic mass is 16.6. The Balaban J connectivity index is 1.98. The van der Waals surface area contributed by atoms with E-state index in [0.29, 0.717) is 5.69 Å². The van der Waals surface area contributed by atoms with Gasteiger partial charge in [0.15, 0.2) is 0 Å². The van der Waals surface area contributed by atoms with Crippen LogP contribution in [0, 0.1) is 20.2 Å². The third-order valence-corrected chi connectivity index (χ3v) is 4.43. The summed E-state index contributed by atoms with van der Waals surface area (Å²) in [6.07, 6.45) is 2.75. The van der Waals surface area contributed by atoms with Gasteiger partial charge in [-0.2, -0.15) is 0 Å². The number of carboxylic acid groups (broad SMARTS) is 1. The van der Waals surface area contributed by atoms with Gasteiger partial charge in [0.1, 0.15) is 6.04 Å². The van der Waals surface area contributed by atoms with Crippen molar-refractivity contribution in [2.45, 2.75) is 12.5 Å². The van der Waals surface area contributed by atoms with Gasteiger partial charge >= 0.3 is 5.97 Å². The molecule has 0 fully saturated rings. The first kappa shape index (κ1) is 21.1. The van der Waals surface area contributed by atoms with Crippen LogP contribution in [0.3, 0.4) is 0 Å². The molecule has 1 aromatic heterocycles. The molecule has 3 aromatic rings. The van der Waals surface area contributed by atoms with Crippen molar-refractivity contribution in [2.75, 3.05) is 0 Å². The Labute approximate surface area is 173 Å². The molecule has 1 unspecified atom stereocenters. The molecule has 1 atom stereocenters. The molecule has 12 heteroatoms. The second-order valence-corrected chi connectivity index (χ2v) is 6.41. The van der Waals surface area contributed by atoms with Gasteiger partial charge in [0.2, 0.25) is 0 Å². The van der Waals surface area contributed by atoms with E-state index >= 15 is 0 Å². The molecule has 0 aliphatic carbocycles. The molecule has 0 spiro atoms. The lowest BCUT2D eigenvalue weighted by Crippen LogP contribution is -2.42. The van der Waals surface area contributed by atoms with Crippen molar-refractivity contribution in [1.29, 1.82) is 0 Å². The first-order valence-corrected chi connectivity index (χ1v) is 8.81. The Morgan fingerprint density at radius 1 is 1.10 bits per heavy atom. The van der Waals surface area contributed by atoms with E-state index in [0.717, 1.165) is 12.1 Å². The van der Waals surface area contributed by atoms with Crippen LogP contribution in [0.4, 0.5) is 11.4 Å². The van der Waals surface area contributed by atoms with E-state index < -0.39 is 39.1 Å². The van der Waals surface area contributed by atoms with Crippen LogP contribution in [-0.4, -0.2) is 42.8 Å². The summed E-state index contributed by atoms with van der Waals surface area (Å²) < 4.78 is 0. The van der Waals surface area contributed by atoms with Gasteiger partial charge < -0.3 is 15.4 Å². The molecule has 31 heavy (non-hydrogen) atoms. The third-order valence-electron chi connectivity index (χ3n) is 4.43. The molecule has 12 nitrogen and oxygen atoms in total. The number of aliphatic carboxylic acids is 1. The molecule has 0 saturated heterocycles. The van der Waals surface area contributed by atoms with E-state index in [1.165, 1.54) is 42.9 Å². The zero-order chi connectivity index (χ0) is 22.5. The van der Waals surface area contributed by atoms with Crippen LogP contribution < -0.4 is 5.32 Å². The number of nitrogens with one attached hydrogen (secondary N) is 2. The standard InChI is InChI=1S/C19H15N5O7/c25-18(22-16(19(26)27)7-11-9-20-10-21-11)15-4-2-1-3-13(15)14-6-5-12(23(28)29)8-17(14)24(30)31/h1-6,8-10,16H,7H2,(H,20,21)(H,22,25)(H,26,27). The fraction of sp³-hybridized carbons (Fsp3) is 0.105. The Morgan fingerprint density at radius 2 is 1.84 bits per heavy atom. The van der Waals surface area contributed by atoms with Crippen molar-refractivity contribution in [3.8, 4) is 11.1 Å². The maximum absolute atomic E-state index is 12.9. The van der Waals surface area contributed by atoms with Gasteiger partial charge in [-0.3, -0.25) is 25.0 Å². The highest BCUT2D eigenvalue weighted by Crippen LogP contribution is 2.35. The van der Waals surface area contributed by atoms with Crippen LogP contribution in [0.2, 0.25) is 0 Å². The predicted octanol–water partition coefficient (Wildman–Crippen LogP) is 2.32. The molecular weight excluding hydrogens is 410 g/mol. The summed E-state index contributed by atoms with van der Waals surface area (Å²) in [5.41, 5.74) is -0.430. The average molecular weight is 425 g/mol. The molecule has 158 valence electrons. The van der Waals surface area contributed by atoms with Crippen LogP contribution in [0.5, 0.6) is 0 Å². The maximum atomic E-state index is 12.9. The number of carbonyl (C=O) groups excluding carboxylic acids is 1. The monoisotopic (exact) mass is 425 g/mol. The molecule has 1 amide bonds. The van der Waals surface area contributed by atoms with Crippen molar-refractivity contribution in [1.82, 2.24) is 15.3 Å². The molecule has 0 saturated carbocycles. The minimum atomic E-state index is -1.28. The van der Waals surface area contributed by atoms with Crippen LogP contribution in [-0.2, 0) is 11.2 Å². The molecule has 0 radical (unpaired) electrons. The normalized spacial score (nSPS) is 11.5. The molecule has 3 N–H and O–H groups in total. The minimum Gasteiger partial charge on any atom is -0.480 e. The van der Waals surface area contributed by atoms with E-state index in [4.69, 9.17) is 0 Å². The van der Waals surface area contributed by atoms with Gasteiger partial charge in [-0.1, -0.05) is 18.2 Å². The number of non-ortho nitro benzene ring substituents is 1. The quantitative estimate of drug-likeness (QED) is 0.363. The topological polar surface area (TPSA) is 181 Å². The lowest BCUT2D eigenvalue weighted by molar-refractivity contribution is -0.393. The number of H-pyrrole nitrogens is 1. The van der Waals surface area contributed by atoms with Crippen molar-refractivity contribution in [3.05, 3.63) is 86.5 Å². The van der Waals surface area contributed by atoms with Gasteiger partial charge in [0.05, 0.1) is 27.8 Å². The number of hydrogen-bond acceptors (Lipinski definition) is 7. The minimum absolute atomic E-state index is 0.0122. The number of carbonyl (C=O) groups is 2. The van der Waals surface area contributed by atoms with E-state index in [1.807, 2.05) is 0 Å². The fourth-order valence-corrected chi connectivity index (χ4v) is 2.98. The third kappa shape index (κ3) is 4.70. The second-order valence-electron chi connectivity index (χ2n) is 6.41. The molecule has 0 aliphatic heterocycles. The van der Waals surface area contributed by atoms with Crippen molar-refractivity contribution < 1.29 is 24.5 Å². The molecular formula is C19H15N5O7. The lowest BCUT2D eigenvalue weighted by atomic mass is 9.97. The molecule has 3 rings (SSSR count). The summed E-state index contributed by atoms with van der Waals surface area (Å²) in [5.74, 6) is -2.04. The van der Waals surface area contributed by atoms with Gasteiger partial charge in [0.25, 0.3) is 17.3 Å². The van der Waals surface area contributed by atoms with Crippen LogP contribution in [0.1, 0.15) is 16.1 Å². The smallest absolute Gasteiger partial charge is 0.326 e. The summed E-state index contributed by atoms with van der Waals surface area (Å²) >= 11 is 0. The molecule has 0 aliphatic rings. The lowest BCUT2D eigenvalue weighted by Gasteiger charge is -2.15. The number of aromatic amines is 1. The number of nitro benzene ring substituents is 2. The largest absolute Gasteiger partial charge is 0.480 e. The Kier molecular flexibility index (Phi) is 6.00. The number of aromatic nitrogens is 2. The predicted molar refractivity (Wildman–Crippen MR) is 106 cm³/mol. The van der Waals surface area contributed by atoms with Gasteiger partial charge in [-0.15, -0.1) is 0 Å². The zero-order valence-corrected chi connectivity index (χ0v) is 15.7. The maximum Gasteiger partial charge on any atom is 0.326 e. The molecule has 1 heterocycles. The highest BCUT2D eigenvalue weighted by molar-refractivity contribution is 6.03. The van der Waals surface area contributed by atoms with Gasteiger partial charge in [-0.25, -0.2) is 9.78 Å². The summed E-state index contributed by atoms with van der Waals surface area (Å²) in [5, 5.41) is 34.3. The zero-order valence-electron chi connectivity index (χ0n) is 15.7. The van der Waals surface area contributed by atoms with Crippen molar-refractivity contribution >= 4 is 23.3 Å². The number of rotatable bonds is 8. The highest BCUT2D eigenvalue weighted by Gasteiger charge is 2.26. The Morgan fingerprint density at radius 3 is 2.45 bits per heavy atom. The summed E-state index contributed by atoms with van der Waals surface area (Å²) in [4.78, 5) is 51.9. The van der Waals surface area contributed by atoms with Gasteiger partial charge in [0, 0.05) is 35.5 Å². The van der Waals surface area contributed by atoms with Crippen molar-refractivity contribution in [3.63, 3.8) is 0 Å². The SMILES string of the molecule is O=C(NC(Cc1cnc[nH]1)C(=O)O)c1ccccc1-c1ccc([N+](=O)[O-])cc1[N+](=O)[O-]. The number of imidazole rings is 1. The number of amides is 1. The van der Waals surface area contributed by atoms with Crippen LogP contribution in [0.25, 0.3) is 11.1 Å². The first-order chi connectivity index (χ1) is 14.8. The van der Waals surface area contributed by atoms with Crippen LogP contribution in [0.15, 0.2) is 55.0 Å². The average Bonchev–Trinajstić information content (AvgIpc) is 3.25. The number of carboxylic acids is 1.